The Labute approximate surface area is 317 Å². The van der Waals surface area contributed by atoms with E-state index in [0.717, 1.165) is 50.9 Å². The lowest BCUT2D eigenvalue weighted by Gasteiger charge is -2.14. The van der Waals surface area contributed by atoms with Crippen LogP contribution in [0.5, 0.6) is 0 Å². The van der Waals surface area contributed by atoms with E-state index in [4.69, 9.17) is 9.47 Å². The van der Waals surface area contributed by atoms with Crippen LogP contribution in [0.4, 0.5) is 0 Å². The Balaban J connectivity index is 3.73. The quantitative estimate of drug-likeness (QED) is 0.0284. The Hall–Kier alpha value is -2.26. The molecule has 0 aromatic carbocycles. The van der Waals surface area contributed by atoms with E-state index in [1.807, 2.05) is 6.08 Å². The van der Waals surface area contributed by atoms with Crippen LogP contribution in [0.1, 0.15) is 175 Å². The van der Waals surface area contributed by atoms with Crippen LogP contribution in [-0.2, 0) is 19.1 Å². The predicted octanol–water partition coefficient (Wildman–Crippen LogP) is 9.78. The monoisotopic (exact) mass is 735 g/mol. The van der Waals surface area contributed by atoms with Gasteiger partial charge in [0.2, 0.25) is 0 Å². The molecule has 0 unspecified atom stereocenters. The first-order valence-electron chi connectivity index (χ1n) is 20.9. The molecule has 4 N–H and O–H groups in total. The number of allylic oxidation sites excluding steroid dienone is 6. The molecular weight excluding hydrogens is 656 g/mol. The maximum Gasteiger partial charge on any atom is 0.305 e. The van der Waals surface area contributed by atoms with Crippen LogP contribution >= 0.6 is 0 Å². The van der Waals surface area contributed by atoms with E-state index in [1.54, 1.807) is 36.5 Å². The van der Waals surface area contributed by atoms with Crippen molar-refractivity contribution in [3.05, 3.63) is 48.6 Å². The van der Waals surface area contributed by atoms with Crippen molar-refractivity contribution in [1.29, 1.82) is 0 Å². The average Bonchev–Trinajstić information content (AvgIpc) is 3.11. The second-order valence-corrected chi connectivity index (χ2v) is 14.8. The highest BCUT2D eigenvalue weighted by molar-refractivity contribution is 5.69. The van der Waals surface area contributed by atoms with E-state index in [9.17, 15) is 30.0 Å². The van der Waals surface area contributed by atoms with Gasteiger partial charge in [-0.15, -0.1) is 0 Å². The molecule has 0 fully saturated rings. The lowest BCUT2D eigenvalue weighted by molar-refractivity contribution is -0.152. The van der Waals surface area contributed by atoms with Crippen LogP contribution in [-0.4, -0.2) is 70.0 Å². The van der Waals surface area contributed by atoms with Gasteiger partial charge in [0.15, 0.2) is 0 Å². The zero-order valence-electron chi connectivity index (χ0n) is 33.3. The van der Waals surface area contributed by atoms with E-state index in [2.05, 4.69) is 20.8 Å². The summed E-state index contributed by atoms with van der Waals surface area (Å²) in [6, 6.07) is 0. The van der Waals surface area contributed by atoms with Crippen molar-refractivity contribution < 1.29 is 39.5 Å². The highest BCUT2D eigenvalue weighted by Crippen LogP contribution is 2.15. The van der Waals surface area contributed by atoms with Gasteiger partial charge in [-0.05, 0) is 31.6 Å². The molecule has 0 aromatic rings. The number of hydrogen-bond donors (Lipinski definition) is 4. The zero-order chi connectivity index (χ0) is 38.5. The molecule has 0 aliphatic heterocycles. The summed E-state index contributed by atoms with van der Waals surface area (Å²) in [7, 11) is 0. The Bertz CT molecular complexity index is 941. The van der Waals surface area contributed by atoms with E-state index in [-0.39, 0.29) is 32.0 Å². The summed E-state index contributed by atoms with van der Waals surface area (Å²) in [5.74, 6) is -0.0407. The fourth-order valence-corrected chi connectivity index (χ4v) is 5.77. The number of carbonyl (C=O) groups is 2. The third kappa shape index (κ3) is 36.1. The fourth-order valence-electron chi connectivity index (χ4n) is 5.77. The highest BCUT2D eigenvalue weighted by Gasteiger charge is 2.15. The standard InChI is InChI=1S/C44H78O8/c1-4-5-23-30-39(45)31-25-20-17-18-21-26-32-41(47)42(48)33-28-35-44(50)52-37-40(46)36-51-43(49)34-27-22-16-14-12-10-8-6-7-9-11-13-15-19-24-29-38(2)3/h17-18,20-21,25-26,31-32,38-42,45-48H,4-16,19,22-24,27-30,33-37H2,1-3H3/b20-17-,21-18+,31-25+,32-26+/t39-,40-,41-,42-/m1/s1. The van der Waals surface area contributed by atoms with E-state index < -0.39 is 30.4 Å². The number of aliphatic hydroxyl groups excluding tert-OH is 4. The normalized spacial score (nSPS) is 14.6. The Morgan fingerprint density at radius 1 is 0.500 bits per heavy atom. The summed E-state index contributed by atoms with van der Waals surface area (Å²) in [6.45, 7) is 6.26. The molecule has 302 valence electrons. The molecule has 0 aliphatic carbocycles. The van der Waals surface area contributed by atoms with Crippen molar-refractivity contribution in [2.45, 2.75) is 199 Å². The molecule has 0 saturated heterocycles. The summed E-state index contributed by atoms with van der Waals surface area (Å²) < 4.78 is 10.2. The van der Waals surface area contributed by atoms with Gasteiger partial charge in [-0.3, -0.25) is 9.59 Å². The Morgan fingerprint density at radius 3 is 1.42 bits per heavy atom. The molecule has 52 heavy (non-hydrogen) atoms. The second-order valence-electron chi connectivity index (χ2n) is 14.8. The van der Waals surface area contributed by atoms with Crippen molar-refractivity contribution in [2.24, 2.45) is 5.92 Å². The van der Waals surface area contributed by atoms with Gasteiger partial charge < -0.3 is 29.9 Å². The number of esters is 2. The number of hydrogen-bond acceptors (Lipinski definition) is 8. The molecule has 0 amide bonds. The number of rotatable bonds is 36. The summed E-state index contributed by atoms with van der Waals surface area (Å²) in [6.07, 6.45) is 35.4. The van der Waals surface area contributed by atoms with Crippen LogP contribution in [0, 0.1) is 5.92 Å². The number of ether oxygens (including phenoxy) is 2. The van der Waals surface area contributed by atoms with E-state index in [0.29, 0.717) is 12.8 Å². The molecule has 4 atom stereocenters. The number of aliphatic hydroxyl groups is 4. The highest BCUT2D eigenvalue weighted by atomic mass is 16.6. The molecule has 0 bridgehead atoms. The van der Waals surface area contributed by atoms with Gasteiger partial charge >= 0.3 is 11.9 Å². The third-order valence-electron chi connectivity index (χ3n) is 9.11. The van der Waals surface area contributed by atoms with Gasteiger partial charge in [0.05, 0.1) is 18.3 Å². The van der Waals surface area contributed by atoms with Gasteiger partial charge in [-0.2, -0.15) is 0 Å². The SMILES string of the molecule is CCCCC[C@@H](O)/C=C/C=C\C=C\C=C\[C@@H](O)[C@H](O)CCCC(=O)OC[C@H](O)COC(=O)CCCCCCCCCCCCCCCCCC(C)C. The molecule has 0 saturated carbocycles. The molecule has 8 nitrogen and oxygen atoms in total. The molecule has 0 aliphatic rings. The van der Waals surface area contributed by atoms with Crippen LogP contribution in [0.15, 0.2) is 48.6 Å². The molecule has 0 rings (SSSR count). The van der Waals surface area contributed by atoms with Crippen LogP contribution < -0.4 is 0 Å². The number of unbranched alkanes of at least 4 members (excludes halogenated alkanes) is 16. The summed E-state index contributed by atoms with van der Waals surface area (Å²) in [5, 5.41) is 40.1. The molecule has 0 radical (unpaired) electrons. The first-order valence-corrected chi connectivity index (χ1v) is 20.9. The van der Waals surface area contributed by atoms with E-state index >= 15 is 0 Å². The minimum Gasteiger partial charge on any atom is -0.463 e. The Kier molecular flexibility index (Phi) is 35.5. The van der Waals surface area contributed by atoms with Gasteiger partial charge in [-0.25, -0.2) is 0 Å². The van der Waals surface area contributed by atoms with Crippen molar-refractivity contribution >= 4 is 11.9 Å². The summed E-state index contributed by atoms with van der Waals surface area (Å²) in [4.78, 5) is 24.0. The maximum absolute atomic E-state index is 12.0. The van der Waals surface area contributed by atoms with Crippen molar-refractivity contribution in [2.75, 3.05) is 13.2 Å². The maximum atomic E-state index is 12.0. The van der Waals surface area contributed by atoms with Crippen molar-refractivity contribution in [3.8, 4) is 0 Å². The van der Waals surface area contributed by atoms with Gasteiger partial charge in [0, 0.05) is 12.8 Å². The first kappa shape index (κ1) is 49.7. The molecule has 0 heterocycles. The Morgan fingerprint density at radius 2 is 0.923 bits per heavy atom. The minimum absolute atomic E-state index is 0.0321. The topological polar surface area (TPSA) is 134 Å². The average molecular weight is 735 g/mol. The van der Waals surface area contributed by atoms with Crippen molar-refractivity contribution in [1.82, 2.24) is 0 Å². The third-order valence-corrected chi connectivity index (χ3v) is 9.11. The van der Waals surface area contributed by atoms with Crippen LogP contribution in [0.2, 0.25) is 0 Å². The molecular formula is C44H78O8. The predicted molar refractivity (Wildman–Crippen MR) is 214 cm³/mol. The molecule has 0 spiro atoms. The minimum atomic E-state index is -1.09. The smallest absolute Gasteiger partial charge is 0.305 e. The van der Waals surface area contributed by atoms with Gasteiger partial charge in [0.25, 0.3) is 0 Å². The number of carbonyl (C=O) groups excluding carboxylic acids is 2. The fraction of sp³-hybridized carbons (Fsp3) is 0.773. The van der Waals surface area contributed by atoms with Crippen LogP contribution in [0.3, 0.4) is 0 Å². The second kappa shape index (κ2) is 37.1. The summed E-state index contributed by atoms with van der Waals surface area (Å²) >= 11 is 0. The van der Waals surface area contributed by atoms with Gasteiger partial charge in [0.1, 0.15) is 19.3 Å². The molecule has 8 heteroatoms. The largest absolute Gasteiger partial charge is 0.463 e. The van der Waals surface area contributed by atoms with Gasteiger partial charge in [-0.1, -0.05) is 185 Å². The van der Waals surface area contributed by atoms with Crippen LogP contribution in [0.25, 0.3) is 0 Å². The van der Waals surface area contributed by atoms with Crippen molar-refractivity contribution in [3.63, 3.8) is 0 Å². The molecule has 0 aromatic heterocycles. The zero-order valence-corrected chi connectivity index (χ0v) is 33.3. The summed E-state index contributed by atoms with van der Waals surface area (Å²) in [5.41, 5.74) is 0. The van der Waals surface area contributed by atoms with E-state index in [1.165, 1.54) is 89.5 Å². The first-order chi connectivity index (χ1) is 25.1. The lowest BCUT2D eigenvalue weighted by atomic mass is 10.0. The lowest BCUT2D eigenvalue weighted by Crippen LogP contribution is -2.26.